The Bertz CT molecular complexity index is 666. The number of carbonyl (C=O) groups excluding carboxylic acids is 1. The van der Waals surface area contributed by atoms with Gasteiger partial charge < -0.3 is 5.32 Å². The van der Waals surface area contributed by atoms with Crippen molar-refractivity contribution in [2.75, 3.05) is 0 Å². The summed E-state index contributed by atoms with van der Waals surface area (Å²) in [6, 6.07) is 12.6. The summed E-state index contributed by atoms with van der Waals surface area (Å²) in [7, 11) is 0. The second-order valence-electron chi connectivity index (χ2n) is 5.66. The van der Waals surface area contributed by atoms with E-state index in [0.717, 1.165) is 17.5 Å². The molecule has 1 amide bonds. The Kier molecular flexibility index (Phi) is 5.31. The number of halogens is 1. The van der Waals surface area contributed by atoms with Crippen LogP contribution in [0.1, 0.15) is 41.6 Å². The van der Waals surface area contributed by atoms with Crippen LogP contribution in [0.5, 0.6) is 0 Å². The van der Waals surface area contributed by atoms with Crippen LogP contribution in [-0.2, 0) is 11.2 Å². The van der Waals surface area contributed by atoms with Crippen LogP contribution in [0.3, 0.4) is 0 Å². The number of hydrogen-bond donors (Lipinski definition) is 1. The van der Waals surface area contributed by atoms with Crippen molar-refractivity contribution in [3.63, 3.8) is 0 Å². The number of nitrogens with one attached hydrogen (secondary N) is 1. The van der Waals surface area contributed by atoms with Crippen LogP contribution < -0.4 is 5.32 Å². The monoisotopic (exact) mass is 299 g/mol. The van der Waals surface area contributed by atoms with E-state index in [0.29, 0.717) is 5.56 Å². The van der Waals surface area contributed by atoms with Gasteiger partial charge in [-0.25, -0.2) is 4.39 Å². The fraction of sp³-hybridized carbons (Fsp3) is 0.316. The van der Waals surface area contributed by atoms with Crippen molar-refractivity contribution in [2.45, 2.75) is 39.7 Å². The molecule has 2 aromatic carbocycles. The zero-order valence-corrected chi connectivity index (χ0v) is 13.3. The molecule has 0 aliphatic carbocycles. The molecule has 0 unspecified atom stereocenters. The lowest BCUT2D eigenvalue weighted by Crippen LogP contribution is -2.30. The van der Waals surface area contributed by atoms with Crippen LogP contribution >= 0.6 is 0 Å². The Labute approximate surface area is 131 Å². The molecule has 0 heterocycles. The molecule has 0 aliphatic heterocycles. The molecule has 0 aliphatic rings. The van der Waals surface area contributed by atoms with Crippen LogP contribution in [0.2, 0.25) is 0 Å². The fourth-order valence-corrected chi connectivity index (χ4v) is 2.68. The van der Waals surface area contributed by atoms with Crippen LogP contribution in [0.15, 0.2) is 42.5 Å². The predicted molar refractivity (Wildman–Crippen MR) is 87.2 cm³/mol. The highest BCUT2D eigenvalue weighted by atomic mass is 19.1. The smallest absolute Gasteiger partial charge is 0.225 e. The van der Waals surface area contributed by atoms with Gasteiger partial charge >= 0.3 is 0 Å². The van der Waals surface area contributed by atoms with E-state index < -0.39 is 0 Å². The highest BCUT2D eigenvalue weighted by Gasteiger charge is 2.16. The zero-order valence-electron chi connectivity index (χ0n) is 13.3. The Balaban J connectivity index is 2.10. The zero-order chi connectivity index (χ0) is 16.1. The molecular weight excluding hydrogens is 277 g/mol. The largest absolute Gasteiger partial charge is 0.349 e. The lowest BCUT2D eigenvalue weighted by Gasteiger charge is -2.20. The summed E-state index contributed by atoms with van der Waals surface area (Å²) in [5.41, 5.74) is 3.91. The van der Waals surface area contributed by atoms with Crippen LogP contribution in [0.4, 0.5) is 4.39 Å². The van der Waals surface area contributed by atoms with E-state index in [-0.39, 0.29) is 24.2 Å². The third-order valence-corrected chi connectivity index (χ3v) is 3.85. The second kappa shape index (κ2) is 7.21. The van der Waals surface area contributed by atoms with Crippen molar-refractivity contribution in [2.24, 2.45) is 0 Å². The summed E-state index contributed by atoms with van der Waals surface area (Å²) in [6.45, 7) is 6.13. The van der Waals surface area contributed by atoms with Gasteiger partial charge in [-0.2, -0.15) is 0 Å². The molecule has 2 aromatic rings. The molecule has 0 fully saturated rings. The highest BCUT2D eigenvalue weighted by molar-refractivity contribution is 5.79. The van der Waals surface area contributed by atoms with Gasteiger partial charge in [0.25, 0.3) is 0 Å². The van der Waals surface area contributed by atoms with E-state index in [1.807, 2.05) is 19.9 Å². The normalized spacial score (nSPS) is 12.0. The second-order valence-corrected chi connectivity index (χ2v) is 5.66. The number of benzene rings is 2. The van der Waals surface area contributed by atoms with Gasteiger partial charge in [0.1, 0.15) is 5.82 Å². The lowest BCUT2D eigenvalue weighted by atomic mass is 9.97. The first kappa shape index (κ1) is 16.2. The van der Waals surface area contributed by atoms with Crippen molar-refractivity contribution in [1.29, 1.82) is 0 Å². The van der Waals surface area contributed by atoms with Crippen molar-refractivity contribution >= 4 is 5.91 Å². The Morgan fingerprint density at radius 1 is 1.18 bits per heavy atom. The molecule has 2 rings (SSSR count). The van der Waals surface area contributed by atoms with Crippen molar-refractivity contribution in [1.82, 2.24) is 5.32 Å². The quantitative estimate of drug-likeness (QED) is 0.878. The van der Waals surface area contributed by atoms with Crippen molar-refractivity contribution < 1.29 is 9.18 Å². The lowest BCUT2D eigenvalue weighted by molar-refractivity contribution is -0.121. The summed E-state index contributed by atoms with van der Waals surface area (Å²) >= 11 is 0. The van der Waals surface area contributed by atoms with Gasteiger partial charge in [-0.1, -0.05) is 48.9 Å². The summed E-state index contributed by atoms with van der Waals surface area (Å²) in [6.07, 6.45) is 0.862. The average Bonchev–Trinajstić information content (AvgIpc) is 2.48. The minimum atomic E-state index is -0.336. The molecule has 1 atom stereocenters. The number of amides is 1. The Morgan fingerprint density at radius 2 is 1.91 bits per heavy atom. The maximum Gasteiger partial charge on any atom is 0.225 e. The van der Waals surface area contributed by atoms with Gasteiger partial charge in [-0.05, 0) is 43.0 Å². The molecule has 22 heavy (non-hydrogen) atoms. The molecule has 3 heteroatoms. The summed E-state index contributed by atoms with van der Waals surface area (Å²) in [5.74, 6) is -0.492. The van der Waals surface area contributed by atoms with E-state index >= 15 is 0 Å². The molecule has 0 spiro atoms. The number of hydrogen-bond acceptors (Lipinski definition) is 1. The minimum absolute atomic E-state index is 0.0418. The minimum Gasteiger partial charge on any atom is -0.349 e. The van der Waals surface area contributed by atoms with Crippen LogP contribution in [0, 0.1) is 19.7 Å². The highest BCUT2D eigenvalue weighted by Crippen LogP contribution is 2.22. The van der Waals surface area contributed by atoms with Gasteiger partial charge in [0, 0.05) is 0 Å². The average molecular weight is 299 g/mol. The maximum absolute atomic E-state index is 13.6. The van der Waals surface area contributed by atoms with Gasteiger partial charge in [-0.3, -0.25) is 4.79 Å². The molecule has 0 radical (unpaired) electrons. The van der Waals surface area contributed by atoms with Crippen LogP contribution in [-0.4, -0.2) is 5.91 Å². The van der Waals surface area contributed by atoms with E-state index in [9.17, 15) is 9.18 Å². The first-order valence-corrected chi connectivity index (χ1v) is 7.61. The predicted octanol–water partition coefficient (Wildman–Crippen LogP) is 4.25. The van der Waals surface area contributed by atoms with Gasteiger partial charge in [0.2, 0.25) is 5.91 Å². The van der Waals surface area contributed by atoms with E-state index in [4.69, 9.17) is 0 Å². The molecule has 1 N–H and O–H groups in total. The topological polar surface area (TPSA) is 29.1 Å². The summed E-state index contributed by atoms with van der Waals surface area (Å²) < 4.78 is 13.6. The van der Waals surface area contributed by atoms with Crippen molar-refractivity contribution in [3.8, 4) is 0 Å². The Morgan fingerprint density at radius 3 is 2.55 bits per heavy atom. The SMILES string of the molecule is CC[C@@H](NC(=O)Cc1ccccc1F)c1ccc(C)cc1C. The van der Waals surface area contributed by atoms with E-state index in [2.05, 4.69) is 24.4 Å². The summed E-state index contributed by atoms with van der Waals surface area (Å²) in [4.78, 5) is 12.2. The standard InChI is InChI=1S/C19H22FNO/c1-4-18(16-10-9-13(2)11-14(16)3)21-19(22)12-15-7-5-6-8-17(15)20/h5-11,18H,4,12H2,1-3H3,(H,21,22)/t18-/m1/s1. The molecular formula is C19H22FNO. The van der Waals surface area contributed by atoms with Crippen molar-refractivity contribution in [3.05, 3.63) is 70.5 Å². The third kappa shape index (κ3) is 3.94. The molecule has 0 saturated heterocycles. The third-order valence-electron chi connectivity index (χ3n) is 3.85. The van der Waals surface area contributed by atoms with E-state index in [1.165, 1.54) is 11.6 Å². The molecule has 0 saturated carbocycles. The maximum atomic E-state index is 13.6. The van der Waals surface area contributed by atoms with E-state index in [1.54, 1.807) is 18.2 Å². The number of aryl methyl sites for hydroxylation is 2. The Hall–Kier alpha value is -2.16. The molecule has 0 aromatic heterocycles. The first-order valence-electron chi connectivity index (χ1n) is 7.61. The molecule has 0 bridgehead atoms. The first-order chi connectivity index (χ1) is 10.5. The van der Waals surface area contributed by atoms with Gasteiger partial charge in [0.15, 0.2) is 0 Å². The molecule has 116 valence electrons. The number of rotatable bonds is 5. The van der Waals surface area contributed by atoms with Gasteiger partial charge in [-0.15, -0.1) is 0 Å². The number of carbonyl (C=O) groups is 1. The molecule has 2 nitrogen and oxygen atoms in total. The van der Waals surface area contributed by atoms with Gasteiger partial charge in [0.05, 0.1) is 12.5 Å². The summed E-state index contributed by atoms with van der Waals surface area (Å²) in [5, 5.41) is 3.01. The van der Waals surface area contributed by atoms with Crippen LogP contribution in [0.25, 0.3) is 0 Å². The fourth-order valence-electron chi connectivity index (χ4n) is 2.68.